The standard InChI is InChI=1S/C26H24N2O4/c1-16-7-9-22-20(13-16)21-14-27(12-11-23(21)28(22)15-25(29)30)26(31)19-8-10-24(32-2)18-6-4-3-5-17(18)19/h3-10,13H,11-12,14-15H2,1-2H3,(H,29,30). The van der Waals surface area contributed by atoms with E-state index in [1.165, 1.54) is 0 Å². The van der Waals surface area contributed by atoms with E-state index in [-0.39, 0.29) is 12.5 Å². The van der Waals surface area contributed by atoms with Crippen LogP contribution in [0.3, 0.4) is 0 Å². The Morgan fingerprint density at radius 1 is 1.03 bits per heavy atom. The Morgan fingerprint density at radius 3 is 2.56 bits per heavy atom. The molecule has 0 radical (unpaired) electrons. The zero-order valence-electron chi connectivity index (χ0n) is 18.1. The van der Waals surface area contributed by atoms with E-state index in [1.807, 2.05) is 64.9 Å². The molecule has 0 fully saturated rings. The van der Waals surface area contributed by atoms with Crippen LogP contribution in [0.1, 0.15) is 27.2 Å². The molecule has 2 heterocycles. The number of amides is 1. The summed E-state index contributed by atoms with van der Waals surface area (Å²) >= 11 is 0. The molecule has 1 aromatic heterocycles. The van der Waals surface area contributed by atoms with Crippen molar-refractivity contribution in [1.82, 2.24) is 9.47 Å². The highest BCUT2D eigenvalue weighted by atomic mass is 16.5. The molecule has 0 bridgehead atoms. The van der Waals surface area contributed by atoms with Gasteiger partial charge in [-0.1, -0.05) is 35.9 Å². The van der Waals surface area contributed by atoms with Crippen LogP contribution in [0.5, 0.6) is 5.75 Å². The van der Waals surface area contributed by atoms with Gasteiger partial charge in [-0.3, -0.25) is 9.59 Å². The van der Waals surface area contributed by atoms with E-state index < -0.39 is 5.97 Å². The van der Waals surface area contributed by atoms with Crippen molar-refractivity contribution >= 4 is 33.6 Å². The minimum atomic E-state index is -0.867. The number of hydrogen-bond acceptors (Lipinski definition) is 3. The van der Waals surface area contributed by atoms with E-state index >= 15 is 0 Å². The van der Waals surface area contributed by atoms with Crippen molar-refractivity contribution in [3.63, 3.8) is 0 Å². The Morgan fingerprint density at radius 2 is 1.81 bits per heavy atom. The molecule has 6 nitrogen and oxygen atoms in total. The van der Waals surface area contributed by atoms with E-state index in [9.17, 15) is 14.7 Å². The maximum atomic E-state index is 13.6. The van der Waals surface area contributed by atoms with E-state index in [4.69, 9.17) is 4.74 Å². The Hall–Kier alpha value is -3.80. The van der Waals surface area contributed by atoms with Crippen LogP contribution in [0.25, 0.3) is 21.7 Å². The summed E-state index contributed by atoms with van der Waals surface area (Å²) in [7, 11) is 1.63. The van der Waals surface area contributed by atoms with Gasteiger partial charge in [0.2, 0.25) is 0 Å². The highest BCUT2D eigenvalue weighted by Crippen LogP contribution is 2.34. The van der Waals surface area contributed by atoms with Crippen molar-refractivity contribution in [2.75, 3.05) is 13.7 Å². The van der Waals surface area contributed by atoms with Gasteiger partial charge in [0, 0.05) is 52.6 Å². The molecular weight excluding hydrogens is 404 g/mol. The highest BCUT2D eigenvalue weighted by Gasteiger charge is 2.28. The second-order valence-corrected chi connectivity index (χ2v) is 8.26. The van der Waals surface area contributed by atoms with Crippen LogP contribution in [0.2, 0.25) is 0 Å². The molecule has 5 rings (SSSR count). The number of ether oxygens (including phenoxy) is 1. The summed E-state index contributed by atoms with van der Waals surface area (Å²) in [6.45, 7) is 2.95. The molecule has 1 aliphatic rings. The first-order chi connectivity index (χ1) is 15.5. The Balaban J connectivity index is 1.57. The molecule has 3 aromatic carbocycles. The van der Waals surface area contributed by atoms with Gasteiger partial charge < -0.3 is 19.3 Å². The summed E-state index contributed by atoms with van der Waals surface area (Å²) in [6, 6.07) is 17.5. The lowest BCUT2D eigenvalue weighted by molar-refractivity contribution is -0.137. The number of methoxy groups -OCH3 is 1. The third-order valence-corrected chi connectivity index (χ3v) is 6.32. The molecule has 1 amide bonds. The number of fused-ring (bicyclic) bond motifs is 4. The number of aryl methyl sites for hydroxylation is 1. The predicted molar refractivity (Wildman–Crippen MR) is 123 cm³/mol. The number of carboxylic acid groups (broad SMARTS) is 1. The largest absolute Gasteiger partial charge is 0.496 e. The number of benzene rings is 3. The van der Waals surface area contributed by atoms with Gasteiger partial charge in [0.25, 0.3) is 5.91 Å². The molecule has 6 heteroatoms. The van der Waals surface area contributed by atoms with Crippen LogP contribution in [-0.2, 0) is 24.3 Å². The van der Waals surface area contributed by atoms with Gasteiger partial charge in [-0.05, 0) is 36.6 Å². The summed E-state index contributed by atoms with van der Waals surface area (Å²) in [6.07, 6.45) is 0.621. The van der Waals surface area contributed by atoms with Crippen molar-refractivity contribution in [1.29, 1.82) is 0 Å². The van der Waals surface area contributed by atoms with Gasteiger partial charge in [0.15, 0.2) is 0 Å². The van der Waals surface area contributed by atoms with Crippen LogP contribution >= 0.6 is 0 Å². The second kappa shape index (κ2) is 7.71. The summed E-state index contributed by atoms with van der Waals surface area (Å²) in [5.41, 5.74) is 4.72. The van der Waals surface area contributed by atoms with Crippen LogP contribution in [0, 0.1) is 6.92 Å². The third kappa shape index (κ3) is 3.19. The minimum absolute atomic E-state index is 0.0266. The van der Waals surface area contributed by atoms with Gasteiger partial charge >= 0.3 is 5.97 Å². The van der Waals surface area contributed by atoms with Crippen molar-refractivity contribution < 1.29 is 19.4 Å². The molecular formula is C26H24N2O4. The summed E-state index contributed by atoms with van der Waals surface area (Å²) in [5, 5.41) is 12.2. The van der Waals surface area contributed by atoms with Crippen molar-refractivity contribution in [2.45, 2.75) is 26.4 Å². The maximum Gasteiger partial charge on any atom is 0.323 e. The van der Waals surface area contributed by atoms with Crippen molar-refractivity contribution in [3.05, 3.63) is 77.0 Å². The normalized spacial score (nSPS) is 13.4. The van der Waals surface area contributed by atoms with Crippen LogP contribution < -0.4 is 4.74 Å². The van der Waals surface area contributed by atoms with E-state index in [2.05, 4.69) is 6.07 Å². The molecule has 0 saturated carbocycles. The molecule has 0 saturated heterocycles. The number of aromatic nitrogens is 1. The molecule has 1 aliphatic heterocycles. The van der Waals surface area contributed by atoms with Crippen LogP contribution in [0.15, 0.2) is 54.6 Å². The number of hydrogen-bond donors (Lipinski definition) is 1. The number of carbonyl (C=O) groups is 2. The zero-order chi connectivity index (χ0) is 22.4. The lowest BCUT2D eigenvalue weighted by Gasteiger charge is -2.29. The number of aliphatic carboxylic acids is 1. The molecule has 0 atom stereocenters. The fraction of sp³-hybridized carbons (Fsp3) is 0.231. The molecule has 1 N–H and O–H groups in total. The van der Waals surface area contributed by atoms with Crippen molar-refractivity contribution in [2.24, 2.45) is 0 Å². The second-order valence-electron chi connectivity index (χ2n) is 8.26. The average molecular weight is 428 g/mol. The van der Waals surface area contributed by atoms with Crippen molar-refractivity contribution in [3.8, 4) is 5.75 Å². The van der Waals surface area contributed by atoms with Gasteiger partial charge in [-0.2, -0.15) is 0 Å². The first-order valence-corrected chi connectivity index (χ1v) is 10.7. The molecule has 0 aliphatic carbocycles. The fourth-order valence-electron chi connectivity index (χ4n) is 4.86. The number of rotatable bonds is 4. The first kappa shape index (κ1) is 20.1. The van der Waals surface area contributed by atoms with Gasteiger partial charge in [0.1, 0.15) is 12.3 Å². The highest BCUT2D eigenvalue weighted by molar-refractivity contribution is 6.08. The summed E-state index contributed by atoms with van der Waals surface area (Å²) in [4.78, 5) is 27.0. The maximum absolute atomic E-state index is 13.6. The summed E-state index contributed by atoms with van der Waals surface area (Å²) in [5.74, 6) is -0.153. The first-order valence-electron chi connectivity index (χ1n) is 10.7. The van der Waals surface area contributed by atoms with Gasteiger partial charge in [0.05, 0.1) is 7.11 Å². The van der Waals surface area contributed by atoms with E-state index in [0.717, 1.165) is 44.2 Å². The lowest BCUT2D eigenvalue weighted by Crippen LogP contribution is -2.36. The van der Waals surface area contributed by atoms with E-state index in [1.54, 1.807) is 7.11 Å². The molecule has 32 heavy (non-hydrogen) atoms. The molecule has 0 spiro atoms. The van der Waals surface area contributed by atoms with Crippen LogP contribution in [-0.4, -0.2) is 40.1 Å². The Bertz CT molecular complexity index is 1390. The smallest absolute Gasteiger partial charge is 0.323 e. The van der Waals surface area contributed by atoms with Gasteiger partial charge in [-0.25, -0.2) is 0 Å². The minimum Gasteiger partial charge on any atom is -0.496 e. The molecule has 0 unspecified atom stereocenters. The molecule has 4 aromatic rings. The quantitative estimate of drug-likeness (QED) is 0.523. The predicted octanol–water partition coefficient (Wildman–Crippen LogP) is 4.39. The molecule has 162 valence electrons. The van der Waals surface area contributed by atoms with Gasteiger partial charge in [-0.15, -0.1) is 0 Å². The topological polar surface area (TPSA) is 71.8 Å². The average Bonchev–Trinajstić information content (AvgIpc) is 3.09. The number of carbonyl (C=O) groups excluding carboxylic acids is 1. The SMILES string of the molecule is COc1ccc(C(=O)N2CCc3c(c4cc(C)ccc4n3CC(=O)O)C2)c2ccccc12. The monoisotopic (exact) mass is 428 g/mol. The zero-order valence-corrected chi connectivity index (χ0v) is 18.1. The fourth-order valence-corrected chi connectivity index (χ4v) is 4.86. The van der Waals surface area contributed by atoms with Crippen LogP contribution in [0.4, 0.5) is 0 Å². The van der Waals surface area contributed by atoms with E-state index in [0.29, 0.717) is 25.1 Å². The number of nitrogens with zero attached hydrogens (tertiary/aromatic N) is 2. The third-order valence-electron chi connectivity index (χ3n) is 6.32. The Labute approximate surface area is 185 Å². The lowest BCUT2D eigenvalue weighted by atomic mass is 9.99. The number of carboxylic acids is 1. The Kier molecular flexibility index (Phi) is 4.85. The summed E-state index contributed by atoms with van der Waals surface area (Å²) < 4.78 is 7.36.